The number of carboxylic acids is 1. The van der Waals surface area contributed by atoms with E-state index < -0.39 is 12.1 Å². The number of phenols is 1. The van der Waals surface area contributed by atoms with Crippen LogP contribution in [0.2, 0.25) is 0 Å². The summed E-state index contributed by atoms with van der Waals surface area (Å²) in [6.07, 6.45) is -1.79. The number of benzene rings is 1. The summed E-state index contributed by atoms with van der Waals surface area (Å²) in [5.74, 6) is -1.69. The molecule has 0 aliphatic rings. The van der Waals surface area contributed by atoms with Crippen molar-refractivity contribution < 1.29 is 24.9 Å². The van der Waals surface area contributed by atoms with Gasteiger partial charge in [-0.05, 0) is 18.6 Å². The smallest absolute Gasteiger partial charge is 0.337 e. The molecule has 0 aliphatic heterocycles. The van der Waals surface area contributed by atoms with E-state index in [1.54, 1.807) is 6.92 Å². The lowest BCUT2D eigenvalue weighted by atomic mass is 10.0. The monoisotopic (exact) mass is 290 g/mol. The maximum absolute atomic E-state index is 10.7. The van der Waals surface area contributed by atoms with Crippen molar-refractivity contribution in [2.75, 3.05) is 7.11 Å². The number of halogens is 1. The van der Waals surface area contributed by atoms with Gasteiger partial charge in [0.05, 0.1) is 7.11 Å². The third kappa shape index (κ3) is 2.12. The fourth-order valence-corrected chi connectivity index (χ4v) is 1.77. The number of methoxy groups -OCH3 is 1. The highest BCUT2D eigenvalue weighted by Crippen LogP contribution is 2.40. The van der Waals surface area contributed by atoms with Crippen LogP contribution in [0.15, 0.2) is 10.5 Å². The summed E-state index contributed by atoms with van der Waals surface area (Å²) < 4.78 is 5.42. The van der Waals surface area contributed by atoms with Crippen molar-refractivity contribution in [1.29, 1.82) is 0 Å². The molecule has 0 spiro atoms. The van der Waals surface area contributed by atoms with E-state index in [4.69, 9.17) is 9.84 Å². The molecule has 3 N–H and O–H groups in total. The first-order chi connectivity index (χ1) is 7.40. The van der Waals surface area contributed by atoms with Gasteiger partial charge < -0.3 is 20.1 Å². The molecule has 0 radical (unpaired) electrons. The molecular weight excluding hydrogens is 280 g/mol. The number of rotatable bonds is 3. The lowest BCUT2D eigenvalue weighted by molar-refractivity contribution is -0.147. The van der Waals surface area contributed by atoms with Crippen LogP contribution in [0.3, 0.4) is 0 Å². The second kappa shape index (κ2) is 4.71. The molecular formula is C10H11BrO5. The fraction of sp³-hybridized carbons (Fsp3) is 0.300. The molecule has 16 heavy (non-hydrogen) atoms. The van der Waals surface area contributed by atoms with Crippen molar-refractivity contribution in [2.24, 2.45) is 0 Å². The van der Waals surface area contributed by atoms with E-state index in [0.29, 0.717) is 10.0 Å². The van der Waals surface area contributed by atoms with Crippen molar-refractivity contribution in [1.82, 2.24) is 0 Å². The number of aliphatic hydroxyl groups is 1. The molecule has 0 saturated carbocycles. The number of phenolic OH excluding ortho intramolecular Hbond substituents is 1. The van der Waals surface area contributed by atoms with Gasteiger partial charge in [0.1, 0.15) is 0 Å². The molecule has 5 nitrogen and oxygen atoms in total. The third-order valence-corrected chi connectivity index (χ3v) is 3.06. The van der Waals surface area contributed by atoms with Gasteiger partial charge in [-0.25, -0.2) is 4.79 Å². The van der Waals surface area contributed by atoms with E-state index in [2.05, 4.69) is 15.9 Å². The molecule has 1 aromatic carbocycles. The highest BCUT2D eigenvalue weighted by Gasteiger charge is 2.25. The van der Waals surface area contributed by atoms with Crippen LogP contribution in [0.4, 0.5) is 0 Å². The average Bonchev–Trinajstić information content (AvgIpc) is 2.23. The minimum atomic E-state index is -1.79. The number of carboxylic acid groups (broad SMARTS) is 1. The maximum atomic E-state index is 10.7. The van der Waals surface area contributed by atoms with E-state index in [1.807, 2.05) is 0 Å². The van der Waals surface area contributed by atoms with Crippen LogP contribution in [-0.2, 0) is 4.79 Å². The first kappa shape index (κ1) is 12.8. The highest BCUT2D eigenvalue weighted by atomic mass is 79.9. The summed E-state index contributed by atoms with van der Waals surface area (Å²) in [7, 11) is 1.34. The zero-order chi connectivity index (χ0) is 12.5. The lowest BCUT2D eigenvalue weighted by Gasteiger charge is -2.15. The first-order valence-corrected chi connectivity index (χ1v) is 5.16. The molecule has 6 heteroatoms. The van der Waals surface area contributed by atoms with Gasteiger partial charge in [-0.1, -0.05) is 15.9 Å². The van der Waals surface area contributed by atoms with E-state index in [1.165, 1.54) is 13.2 Å². The Morgan fingerprint density at radius 2 is 2.12 bits per heavy atom. The van der Waals surface area contributed by atoms with Crippen LogP contribution in [0, 0.1) is 6.92 Å². The summed E-state index contributed by atoms with van der Waals surface area (Å²) in [5.41, 5.74) is 0.381. The molecule has 0 bridgehead atoms. The zero-order valence-corrected chi connectivity index (χ0v) is 10.3. The number of aliphatic hydroxyl groups excluding tert-OH is 1. The maximum Gasteiger partial charge on any atom is 0.337 e. The lowest BCUT2D eigenvalue weighted by Crippen LogP contribution is -2.12. The molecule has 0 aliphatic carbocycles. The molecule has 0 fully saturated rings. The standard InChI is InChI=1S/C10H11BrO5/c1-4-5(11)3-6(16-2)8(12)7(4)9(13)10(14)15/h3,9,12-13H,1-2H3,(H,14,15). The Balaban J connectivity index is 3.47. The van der Waals surface area contributed by atoms with Gasteiger partial charge in [0.25, 0.3) is 0 Å². The normalized spacial score (nSPS) is 12.2. The van der Waals surface area contributed by atoms with Crippen molar-refractivity contribution in [2.45, 2.75) is 13.0 Å². The van der Waals surface area contributed by atoms with Crippen LogP contribution in [0.5, 0.6) is 11.5 Å². The molecule has 88 valence electrons. The quantitative estimate of drug-likeness (QED) is 0.787. The number of hydrogen-bond acceptors (Lipinski definition) is 4. The Morgan fingerprint density at radius 3 is 2.56 bits per heavy atom. The number of hydrogen-bond donors (Lipinski definition) is 3. The fourth-order valence-electron chi connectivity index (χ4n) is 1.34. The SMILES string of the molecule is COc1cc(Br)c(C)c(C(O)C(=O)O)c1O. The Kier molecular flexibility index (Phi) is 3.77. The predicted octanol–water partition coefficient (Wildman–Crippen LogP) is 1.59. The summed E-state index contributed by atoms with van der Waals surface area (Å²) >= 11 is 3.19. The molecule has 0 saturated heterocycles. The van der Waals surface area contributed by atoms with E-state index >= 15 is 0 Å². The Hall–Kier alpha value is -1.27. The van der Waals surface area contributed by atoms with Crippen molar-refractivity contribution in [3.8, 4) is 11.5 Å². The van der Waals surface area contributed by atoms with Crippen LogP contribution >= 0.6 is 15.9 Å². The predicted molar refractivity (Wildman–Crippen MR) is 59.7 cm³/mol. The topological polar surface area (TPSA) is 87.0 Å². The van der Waals surface area contributed by atoms with E-state index in [-0.39, 0.29) is 17.1 Å². The van der Waals surface area contributed by atoms with Crippen molar-refractivity contribution in [3.63, 3.8) is 0 Å². The van der Waals surface area contributed by atoms with E-state index in [9.17, 15) is 15.0 Å². The Labute approximate surface area is 100 Å². The first-order valence-electron chi connectivity index (χ1n) is 4.37. The second-order valence-electron chi connectivity index (χ2n) is 3.19. The van der Waals surface area contributed by atoms with Gasteiger partial charge >= 0.3 is 5.97 Å². The molecule has 1 unspecified atom stereocenters. The largest absolute Gasteiger partial charge is 0.504 e. The third-order valence-electron chi connectivity index (χ3n) is 2.24. The van der Waals surface area contributed by atoms with Crippen LogP contribution in [-0.4, -0.2) is 28.4 Å². The molecule has 0 heterocycles. The summed E-state index contributed by atoms with van der Waals surface area (Å²) in [5, 5.41) is 27.9. The van der Waals surface area contributed by atoms with Gasteiger partial charge in [-0.3, -0.25) is 0 Å². The summed E-state index contributed by atoms with van der Waals surface area (Å²) in [6, 6.07) is 1.50. The summed E-state index contributed by atoms with van der Waals surface area (Å²) in [4.78, 5) is 10.7. The number of aliphatic carboxylic acids is 1. The van der Waals surface area contributed by atoms with Gasteiger partial charge in [0.15, 0.2) is 17.6 Å². The molecule has 0 amide bonds. The van der Waals surface area contributed by atoms with Crippen LogP contribution < -0.4 is 4.74 Å². The van der Waals surface area contributed by atoms with Crippen molar-refractivity contribution in [3.05, 3.63) is 21.7 Å². The molecule has 1 rings (SSSR count). The van der Waals surface area contributed by atoms with Gasteiger partial charge in [-0.15, -0.1) is 0 Å². The minimum absolute atomic E-state index is 0.0706. The Bertz CT molecular complexity index is 430. The molecule has 1 aromatic rings. The van der Waals surface area contributed by atoms with E-state index in [0.717, 1.165) is 0 Å². The molecule has 1 atom stereocenters. The number of aromatic hydroxyl groups is 1. The zero-order valence-electron chi connectivity index (χ0n) is 8.69. The van der Waals surface area contributed by atoms with Gasteiger partial charge in [0.2, 0.25) is 0 Å². The van der Waals surface area contributed by atoms with Crippen LogP contribution in [0.1, 0.15) is 17.2 Å². The Morgan fingerprint density at radius 1 is 1.56 bits per heavy atom. The van der Waals surface area contributed by atoms with Crippen LogP contribution in [0.25, 0.3) is 0 Å². The number of carbonyl (C=O) groups is 1. The summed E-state index contributed by atoms with van der Waals surface area (Å²) in [6.45, 7) is 1.59. The molecule has 0 aromatic heterocycles. The minimum Gasteiger partial charge on any atom is -0.504 e. The average molecular weight is 291 g/mol. The highest BCUT2D eigenvalue weighted by molar-refractivity contribution is 9.10. The van der Waals surface area contributed by atoms with Gasteiger partial charge in [0, 0.05) is 10.0 Å². The second-order valence-corrected chi connectivity index (χ2v) is 4.04. The number of ether oxygens (including phenoxy) is 1. The van der Waals surface area contributed by atoms with Gasteiger partial charge in [-0.2, -0.15) is 0 Å². The van der Waals surface area contributed by atoms with Crippen molar-refractivity contribution >= 4 is 21.9 Å².